The molecule has 0 radical (unpaired) electrons. The number of carbonyl (C=O) groups excluding carboxylic acids is 2. The van der Waals surface area contributed by atoms with Gasteiger partial charge in [-0.25, -0.2) is 18.7 Å². The third-order valence-corrected chi connectivity index (χ3v) is 8.67. The molecule has 1 fully saturated rings. The average Bonchev–Trinajstić information content (AvgIpc) is 3.64. The summed E-state index contributed by atoms with van der Waals surface area (Å²) in [6.07, 6.45) is 2.42. The van der Waals surface area contributed by atoms with Gasteiger partial charge in [0, 0.05) is 41.4 Å². The van der Waals surface area contributed by atoms with Crippen molar-refractivity contribution in [1.29, 1.82) is 0 Å². The Balaban J connectivity index is 1.32. The molecule has 8 nitrogen and oxygen atoms in total. The zero-order valence-corrected chi connectivity index (χ0v) is 25.5. The van der Waals surface area contributed by atoms with Gasteiger partial charge in [0.15, 0.2) is 0 Å². The summed E-state index contributed by atoms with van der Waals surface area (Å²) in [7, 11) is 0. The molecule has 0 N–H and O–H groups in total. The van der Waals surface area contributed by atoms with E-state index >= 15 is 4.39 Å². The molecule has 1 saturated heterocycles. The largest absolute Gasteiger partial charge is 0.465 e. The number of anilines is 1. The molecule has 2 aromatic carbocycles. The van der Waals surface area contributed by atoms with Crippen LogP contribution in [0.2, 0.25) is 0 Å². The number of piperazine rings is 1. The lowest BCUT2D eigenvalue weighted by Gasteiger charge is -2.33. The summed E-state index contributed by atoms with van der Waals surface area (Å²) in [4.78, 5) is 37.9. The molecule has 1 aliphatic heterocycles. The van der Waals surface area contributed by atoms with Gasteiger partial charge in [-0.15, -0.1) is 11.3 Å². The van der Waals surface area contributed by atoms with Crippen LogP contribution in [0.4, 0.5) is 14.5 Å². The van der Waals surface area contributed by atoms with Crippen LogP contribution >= 0.6 is 11.3 Å². The first-order valence-corrected chi connectivity index (χ1v) is 15.4. The number of aromatic nitrogens is 3. The predicted octanol–water partition coefficient (Wildman–Crippen LogP) is 6.15. The maximum Gasteiger partial charge on any atom is 0.320 e. The van der Waals surface area contributed by atoms with Crippen LogP contribution in [0.25, 0.3) is 38.7 Å². The van der Waals surface area contributed by atoms with Crippen molar-refractivity contribution in [2.24, 2.45) is 0 Å². The van der Waals surface area contributed by atoms with E-state index in [9.17, 15) is 14.0 Å². The summed E-state index contributed by atoms with van der Waals surface area (Å²) in [6.45, 7) is 6.86. The number of fused-ring (bicyclic) bond motifs is 1. The summed E-state index contributed by atoms with van der Waals surface area (Å²) in [6, 6.07) is 13.4. The fourth-order valence-electron chi connectivity index (χ4n) is 5.54. The number of thiazole rings is 1. The fraction of sp³-hybridized carbons (Fsp3) is 0.273. The second-order valence-electron chi connectivity index (χ2n) is 10.6. The number of halogens is 2. The van der Waals surface area contributed by atoms with Crippen molar-refractivity contribution in [3.05, 3.63) is 83.0 Å². The van der Waals surface area contributed by atoms with Crippen molar-refractivity contribution in [1.82, 2.24) is 19.3 Å². The maximum atomic E-state index is 16.2. The van der Waals surface area contributed by atoms with E-state index < -0.39 is 0 Å². The lowest BCUT2D eigenvalue weighted by Crippen LogP contribution is -2.51. The van der Waals surface area contributed by atoms with Crippen LogP contribution in [-0.4, -0.2) is 63.9 Å². The quantitative estimate of drug-likeness (QED) is 0.195. The van der Waals surface area contributed by atoms with E-state index in [0.717, 1.165) is 11.3 Å². The van der Waals surface area contributed by atoms with E-state index in [1.165, 1.54) is 23.5 Å². The lowest BCUT2D eigenvalue weighted by atomic mass is 10.0. The van der Waals surface area contributed by atoms with Crippen LogP contribution in [0.3, 0.4) is 0 Å². The summed E-state index contributed by atoms with van der Waals surface area (Å²) in [5.74, 6) is -1.17. The van der Waals surface area contributed by atoms with Gasteiger partial charge < -0.3 is 9.64 Å². The first kappa shape index (κ1) is 29.6. The molecule has 0 bridgehead atoms. The number of ether oxygens (including phenoxy) is 1. The highest BCUT2D eigenvalue weighted by molar-refractivity contribution is 7.13. The molecule has 0 spiro atoms. The van der Waals surface area contributed by atoms with Crippen molar-refractivity contribution < 1.29 is 23.1 Å². The van der Waals surface area contributed by atoms with Crippen LogP contribution in [-0.2, 0) is 20.7 Å². The third-order valence-electron chi connectivity index (χ3n) is 7.80. The summed E-state index contributed by atoms with van der Waals surface area (Å²) >= 11 is 1.41. The Labute approximate surface area is 257 Å². The van der Waals surface area contributed by atoms with Crippen molar-refractivity contribution in [3.63, 3.8) is 0 Å². The molecule has 0 unspecified atom stereocenters. The number of nitrogens with zero attached hydrogens (tertiary/aromatic N) is 5. The Bertz CT molecular complexity index is 1870. The smallest absolute Gasteiger partial charge is 0.320 e. The monoisotopic (exact) mass is 615 g/mol. The first-order chi connectivity index (χ1) is 21.3. The highest BCUT2D eigenvalue weighted by atomic mass is 32.1. The average molecular weight is 616 g/mol. The van der Waals surface area contributed by atoms with Gasteiger partial charge in [-0.2, -0.15) is 0 Å². The Morgan fingerprint density at radius 3 is 2.50 bits per heavy atom. The first-order valence-electron chi connectivity index (χ1n) is 14.5. The predicted molar refractivity (Wildman–Crippen MR) is 167 cm³/mol. The normalized spacial score (nSPS) is 14.0. The van der Waals surface area contributed by atoms with Crippen molar-refractivity contribution in [2.45, 2.75) is 27.2 Å². The maximum absolute atomic E-state index is 16.2. The molecule has 0 saturated carbocycles. The molecule has 11 heteroatoms. The van der Waals surface area contributed by atoms with E-state index in [0.29, 0.717) is 70.5 Å². The van der Waals surface area contributed by atoms with Crippen LogP contribution in [0.15, 0.2) is 60.1 Å². The number of hydrogen-bond acceptors (Lipinski definition) is 7. The van der Waals surface area contributed by atoms with E-state index in [4.69, 9.17) is 14.7 Å². The Hall–Kier alpha value is -4.48. The number of benzene rings is 2. The van der Waals surface area contributed by atoms with Gasteiger partial charge in [-0.1, -0.05) is 13.0 Å². The number of carbonyl (C=O) groups is 2. The molecule has 44 heavy (non-hydrogen) atoms. The topological polar surface area (TPSA) is 80.0 Å². The summed E-state index contributed by atoms with van der Waals surface area (Å²) in [5, 5.41) is 2.55. The van der Waals surface area contributed by atoms with Gasteiger partial charge in [0.05, 0.1) is 42.5 Å². The van der Waals surface area contributed by atoms with Crippen LogP contribution in [0.5, 0.6) is 0 Å². The van der Waals surface area contributed by atoms with Gasteiger partial charge in [0.25, 0.3) is 0 Å². The zero-order chi connectivity index (χ0) is 31.0. The SMILES string of the molecule is CCOC(=O)CN1CCN(c2ccc3nc(CC)c(-c4ccc(-c5nc(-c6ccc(F)cc6)cs5)c(C)c4F)n3c2)C(=O)C1. The van der Waals surface area contributed by atoms with E-state index in [2.05, 4.69) is 0 Å². The van der Waals surface area contributed by atoms with Gasteiger partial charge in [-0.3, -0.25) is 18.9 Å². The van der Waals surface area contributed by atoms with Gasteiger partial charge >= 0.3 is 5.97 Å². The number of amides is 1. The third kappa shape index (κ3) is 5.60. The number of pyridine rings is 1. The van der Waals surface area contributed by atoms with E-state index in [1.807, 2.05) is 41.1 Å². The molecule has 5 aromatic rings. The molecule has 226 valence electrons. The van der Waals surface area contributed by atoms with Crippen molar-refractivity contribution in [2.75, 3.05) is 37.7 Å². The second-order valence-corrected chi connectivity index (χ2v) is 11.4. The number of esters is 1. The lowest BCUT2D eigenvalue weighted by molar-refractivity contribution is -0.144. The van der Waals surface area contributed by atoms with E-state index in [-0.39, 0.29) is 36.6 Å². The standard InChI is InChI=1S/C33H31F2N5O3S/c1-4-26-32(25-12-11-24(20(3)31(25)35)33-37-27(19-44-33)21-6-8-22(34)9-7-21)40-16-23(10-13-28(40)36-26)39-15-14-38(17-29(39)41)18-30(42)43-5-2/h6-13,16,19H,4-5,14-15,17-18H2,1-3H3. The minimum absolute atomic E-state index is 0.0706. The van der Waals surface area contributed by atoms with Gasteiger partial charge in [0.1, 0.15) is 22.3 Å². The molecule has 4 heterocycles. The van der Waals surface area contributed by atoms with Crippen molar-refractivity contribution >= 4 is 34.5 Å². The van der Waals surface area contributed by atoms with Gasteiger partial charge in [0.2, 0.25) is 5.91 Å². The highest BCUT2D eigenvalue weighted by Crippen LogP contribution is 2.37. The Morgan fingerprint density at radius 1 is 1.00 bits per heavy atom. The molecular formula is C33H31F2N5O3S. The molecule has 1 aliphatic rings. The molecular weight excluding hydrogens is 584 g/mol. The summed E-state index contributed by atoms with van der Waals surface area (Å²) in [5.41, 5.74) is 5.75. The van der Waals surface area contributed by atoms with E-state index in [1.54, 1.807) is 41.8 Å². The fourth-order valence-corrected chi connectivity index (χ4v) is 6.45. The second kappa shape index (κ2) is 12.3. The molecule has 0 atom stereocenters. The number of aryl methyl sites for hydroxylation is 1. The minimum Gasteiger partial charge on any atom is -0.465 e. The Morgan fingerprint density at radius 2 is 1.77 bits per heavy atom. The minimum atomic E-state index is -0.369. The zero-order valence-electron chi connectivity index (χ0n) is 24.6. The molecule has 1 amide bonds. The van der Waals surface area contributed by atoms with Crippen LogP contribution in [0.1, 0.15) is 25.1 Å². The molecule has 0 aliphatic carbocycles. The number of hydrogen-bond donors (Lipinski definition) is 0. The van der Waals surface area contributed by atoms with Crippen LogP contribution < -0.4 is 4.90 Å². The van der Waals surface area contributed by atoms with Crippen molar-refractivity contribution in [3.8, 4) is 33.1 Å². The summed E-state index contributed by atoms with van der Waals surface area (Å²) < 4.78 is 36.5. The molecule has 6 rings (SSSR count). The highest BCUT2D eigenvalue weighted by Gasteiger charge is 2.28. The van der Waals surface area contributed by atoms with Crippen LogP contribution in [0, 0.1) is 18.6 Å². The Kier molecular flexibility index (Phi) is 8.24. The van der Waals surface area contributed by atoms with Gasteiger partial charge in [-0.05, 0) is 68.3 Å². The molecule has 3 aromatic heterocycles. The number of rotatable bonds is 8. The number of imidazole rings is 1.